The third-order valence-corrected chi connectivity index (χ3v) is 4.18. The van der Waals surface area contributed by atoms with Gasteiger partial charge in [0.05, 0.1) is 7.11 Å². The maximum absolute atomic E-state index is 6.27. The Morgan fingerprint density at radius 3 is 2.62 bits per heavy atom. The van der Waals surface area contributed by atoms with Crippen molar-refractivity contribution in [3.05, 3.63) is 28.8 Å². The van der Waals surface area contributed by atoms with Crippen molar-refractivity contribution in [2.75, 3.05) is 13.7 Å². The molecule has 2 N–H and O–H groups in total. The Hall–Kier alpha value is -0.730. The molecule has 0 heterocycles. The van der Waals surface area contributed by atoms with Gasteiger partial charge in [0.1, 0.15) is 5.75 Å². The van der Waals surface area contributed by atoms with Crippen LogP contribution in [0.5, 0.6) is 5.75 Å². The van der Waals surface area contributed by atoms with Crippen LogP contribution in [0.3, 0.4) is 0 Å². The van der Waals surface area contributed by atoms with E-state index in [0.29, 0.717) is 18.4 Å². The van der Waals surface area contributed by atoms with Gasteiger partial charge in [0, 0.05) is 10.6 Å². The lowest BCUT2D eigenvalue weighted by Gasteiger charge is -2.11. The summed E-state index contributed by atoms with van der Waals surface area (Å²) < 4.78 is 5.39. The summed E-state index contributed by atoms with van der Waals surface area (Å²) in [5.74, 6) is 1.80. The van der Waals surface area contributed by atoms with E-state index in [2.05, 4.69) is 13.8 Å². The van der Waals surface area contributed by atoms with E-state index in [1.165, 1.54) is 0 Å². The highest BCUT2D eigenvalue weighted by Crippen LogP contribution is 2.66. The first-order valence-corrected chi connectivity index (χ1v) is 5.94. The van der Waals surface area contributed by atoms with Crippen molar-refractivity contribution in [2.24, 2.45) is 17.1 Å². The zero-order chi connectivity index (χ0) is 11.9. The van der Waals surface area contributed by atoms with E-state index in [9.17, 15) is 0 Å². The van der Waals surface area contributed by atoms with E-state index >= 15 is 0 Å². The molecule has 88 valence electrons. The highest BCUT2D eigenvalue weighted by molar-refractivity contribution is 6.31. The van der Waals surface area contributed by atoms with Crippen molar-refractivity contribution in [1.29, 1.82) is 0 Å². The van der Waals surface area contributed by atoms with Gasteiger partial charge in [-0.15, -0.1) is 0 Å². The molecular formula is C13H18ClNO. The first-order valence-electron chi connectivity index (χ1n) is 5.56. The van der Waals surface area contributed by atoms with E-state index in [-0.39, 0.29) is 5.41 Å². The molecule has 0 aromatic heterocycles. The zero-order valence-electron chi connectivity index (χ0n) is 9.96. The molecule has 0 bridgehead atoms. The summed E-state index contributed by atoms with van der Waals surface area (Å²) in [5.41, 5.74) is 7.14. The lowest BCUT2D eigenvalue weighted by atomic mass is 10.0. The summed E-state index contributed by atoms with van der Waals surface area (Å²) in [7, 11) is 1.68. The lowest BCUT2D eigenvalue weighted by Crippen LogP contribution is -2.05. The summed E-state index contributed by atoms with van der Waals surface area (Å²) in [5, 5.41) is 0.786. The van der Waals surface area contributed by atoms with Crippen LogP contribution in [0.15, 0.2) is 18.2 Å². The standard InChI is InChI=1S/C13H18ClNO/c1-13(2)8(7-15)12(13)11-9(14)5-4-6-10(11)16-3/h4-6,8,12H,7,15H2,1-3H3. The number of hydrogen-bond donors (Lipinski definition) is 1. The van der Waals surface area contributed by atoms with Crippen LogP contribution < -0.4 is 10.5 Å². The molecule has 2 rings (SSSR count). The molecule has 0 radical (unpaired) electrons. The molecule has 2 unspecified atom stereocenters. The first kappa shape index (κ1) is 11.7. The van der Waals surface area contributed by atoms with Gasteiger partial charge in [0.15, 0.2) is 0 Å². The van der Waals surface area contributed by atoms with Crippen molar-refractivity contribution >= 4 is 11.6 Å². The predicted molar refractivity (Wildman–Crippen MR) is 67.1 cm³/mol. The number of benzene rings is 1. The highest BCUT2D eigenvalue weighted by Gasteiger charge is 2.58. The predicted octanol–water partition coefficient (Wildman–Crippen LogP) is 3.05. The van der Waals surface area contributed by atoms with Gasteiger partial charge in [-0.25, -0.2) is 0 Å². The molecule has 0 spiro atoms. The fourth-order valence-electron chi connectivity index (χ4n) is 2.75. The third-order valence-electron chi connectivity index (χ3n) is 3.85. The number of halogens is 1. The van der Waals surface area contributed by atoms with Crippen LogP contribution >= 0.6 is 11.6 Å². The number of rotatable bonds is 3. The molecule has 0 aliphatic heterocycles. The molecule has 2 nitrogen and oxygen atoms in total. The molecule has 2 atom stereocenters. The number of methoxy groups -OCH3 is 1. The number of nitrogens with two attached hydrogens (primary N) is 1. The van der Waals surface area contributed by atoms with Crippen LogP contribution in [-0.2, 0) is 0 Å². The fourth-order valence-corrected chi connectivity index (χ4v) is 3.04. The molecule has 1 aromatic rings. The second kappa shape index (κ2) is 3.94. The quantitative estimate of drug-likeness (QED) is 0.880. The Kier molecular flexibility index (Phi) is 2.89. The third kappa shape index (κ3) is 1.61. The maximum atomic E-state index is 6.27. The van der Waals surface area contributed by atoms with Crippen LogP contribution in [0.25, 0.3) is 0 Å². The SMILES string of the molecule is COc1cccc(Cl)c1C1C(CN)C1(C)C. The normalized spacial score (nSPS) is 26.6. The van der Waals surface area contributed by atoms with E-state index in [1.807, 2.05) is 18.2 Å². The molecule has 1 fully saturated rings. The van der Waals surface area contributed by atoms with Gasteiger partial charge in [0.25, 0.3) is 0 Å². The second-order valence-electron chi connectivity index (χ2n) is 5.00. The van der Waals surface area contributed by atoms with Crippen LogP contribution in [0.2, 0.25) is 5.02 Å². The smallest absolute Gasteiger partial charge is 0.123 e. The van der Waals surface area contributed by atoms with Crippen LogP contribution in [0.1, 0.15) is 25.3 Å². The Labute approximate surface area is 102 Å². The lowest BCUT2D eigenvalue weighted by molar-refractivity contribution is 0.407. The molecule has 3 heteroatoms. The minimum Gasteiger partial charge on any atom is -0.496 e. The molecular weight excluding hydrogens is 222 g/mol. The summed E-state index contributed by atoms with van der Waals surface area (Å²) in [6, 6.07) is 5.79. The van der Waals surface area contributed by atoms with Crippen molar-refractivity contribution in [3.8, 4) is 5.75 Å². The van der Waals surface area contributed by atoms with E-state index < -0.39 is 0 Å². The Morgan fingerprint density at radius 2 is 2.12 bits per heavy atom. The van der Waals surface area contributed by atoms with Gasteiger partial charge in [-0.05, 0) is 35.9 Å². The molecule has 1 aromatic carbocycles. The number of hydrogen-bond acceptors (Lipinski definition) is 2. The maximum Gasteiger partial charge on any atom is 0.123 e. The van der Waals surface area contributed by atoms with Crippen LogP contribution in [0.4, 0.5) is 0 Å². The average Bonchev–Trinajstić information content (AvgIpc) is 2.79. The van der Waals surface area contributed by atoms with Crippen molar-refractivity contribution < 1.29 is 4.74 Å². The van der Waals surface area contributed by atoms with Gasteiger partial charge in [-0.2, -0.15) is 0 Å². The summed E-state index contributed by atoms with van der Waals surface area (Å²) in [6.45, 7) is 5.17. The van der Waals surface area contributed by atoms with Gasteiger partial charge in [0.2, 0.25) is 0 Å². The zero-order valence-corrected chi connectivity index (χ0v) is 10.7. The number of ether oxygens (including phenoxy) is 1. The Morgan fingerprint density at radius 1 is 1.44 bits per heavy atom. The van der Waals surface area contributed by atoms with E-state index in [0.717, 1.165) is 16.3 Å². The minimum atomic E-state index is 0.229. The van der Waals surface area contributed by atoms with Crippen molar-refractivity contribution in [3.63, 3.8) is 0 Å². The van der Waals surface area contributed by atoms with Gasteiger partial charge in [-0.1, -0.05) is 31.5 Å². The monoisotopic (exact) mass is 239 g/mol. The average molecular weight is 240 g/mol. The molecule has 1 saturated carbocycles. The molecule has 1 aliphatic rings. The largest absolute Gasteiger partial charge is 0.496 e. The topological polar surface area (TPSA) is 35.2 Å². The van der Waals surface area contributed by atoms with Gasteiger partial charge < -0.3 is 10.5 Å². The van der Waals surface area contributed by atoms with Crippen molar-refractivity contribution in [2.45, 2.75) is 19.8 Å². The van der Waals surface area contributed by atoms with Crippen molar-refractivity contribution in [1.82, 2.24) is 0 Å². The second-order valence-corrected chi connectivity index (χ2v) is 5.40. The molecule has 0 amide bonds. The van der Waals surface area contributed by atoms with Gasteiger partial charge in [-0.3, -0.25) is 0 Å². The Balaban J connectivity index is 2.42. The van der Waals surface area contributed by atoms with Crippen LogP contribution in [-0.4, -0.2) is 13.7 Å². The summed E-state index contributed by atoms with van der Waals surface area (Å²) in [4.78, 5) is 0. The molecule has 1 aliphatic carbocycles. The van der Waals surface area contributed by atoms with E-state index in [1.54, 1.807) is 7.11 Å². The summed E-state index contributed by atoms with van der Waals surface area (Å²) in [6.07, 6.45) is 0. The minimum absolute atomic E-state index is 0.229. The van der Waals surface area contributed by atoms with E-state index in [4.69, 9.17) is 22.1 Å². The summed E-state index contributed by atoms with van der Waals surface area (Å²) >= 11 is 6.27. The highest BCUT2D eigenvalue weighted by atomic mass is 35.5. The van der Waals surface area contributed by atoms with Gasteiger partial charge >= 0.3 is 0 Å². The Bertz CT molecular complexity index is 403. The van der Waals surface area contributed by atoms with Crippen LogP contribution in [0, 0.1) is 11.3 Å². The molecule has 16 heavy (non-hydrogen) atoms. The first-order chi connectivity index (χ1) is 7.54. The molecule has 0 saturated heterocycles. The fraction of sp³-hybridized carbons (Fsp3) is 0.538.